The minimum Gasteiger partial charge on any atom is -0.465 e. The van der Waals surface area contributed by atoms with E-state index in [0.29, 0.717) is 31.9 Å². The summed E-state index contributed by atoms with van der Waals surface area (Å²) in [4.78, 5) is 13.5. The standard InChI is InChI=1S/C27H42ClFN2O5/c1-30-18-21(17-20-9-4-3-5-10-20)27(19-31(25(32)33)14-16-36-27)26(34,13-6-7-15-35-2)22-11-8-12-23(28)24(22)29/h8,11-12,20-21,30,34H,3-7,9-10,13-19H2,1-2H3,(H,32,33)/t21-,26+,27?/m0/s1. The lowest BCUT2D eigenvalue weighted by Gasteiger charge is -2.56. The molecule has 1 aliphatic heterocycles. The van der Waals surface area contributed by atoms with Crippen molar-refractivity contribution in [2.75, 3.05) is 47.0 Å². The van der Waals surface area contributed by atoms with E-state index >= 15 is 4.39 Å². The Balaban J connectivity index is 2.15. The Morgan fingerprint density at radius 2 is 2.11 bits per heavy atom. The highest BCUT2D eigenvalue weighted by Crippen LogP contribution is 2.50. The number of ether oxygens (including phenoxy) is 2. The number of nitrogens with one attached hydrogen (secondary N) is 1. The van der Waals surface area contributed by atoms with Crippen LogP contribution in [0.2, 0.25) is 5.02 Å². The summed E-state index contributed by atoms with van der Waals surface area (Å²) < 4.78 is 27.4. The smallest absolute Gasteiger partial charge is 0.407 e. The van der Waals surface area contributed by atoms with Gasteiger partial charge in [-0.25, -0.2) is 9.18 Å². The summed E-state index contributed by atoms with van der Waals surface area (Å²) in [5.74, 6) is -0.497. The number of amides is 1. The summed E-state index contributed by atoms with van der Waals surface area (Å²) in [5, 5.41) is 25.8. The topological polar surface area (TPSA) is 91.3 Å². The number of carbonyl (C=O) groups is 1. The monoisotopic (exact) mass is 528 g/mol. The molecule has 3 N–H and O–H groups in total. The van der Waals surface area contributed by atoms with Crippen LogP contribution in [0.4, 0.5) is 9.18 Å². The first-order valence-electron chi connectivity index (χ1n) is 13.2. The van der Waals surface area contributed by atoms with Crippen molar-refractivity contribution in [2.24, 2.45) is 11.8 Å². The van der Waals surface area contributed by atoms with Crippen molar-refractivity contribution >= 4 is 17.7 Å². The Hall–Kier alpha value is -1.45. The lowest BCUT2D eigenvalue weighted by atomic mass is 9.64. The van der Waals surface area contributed by atoms with Crippen LogP contribution in [0.15, 0.2) is 18.2 Å². The molecule has 0 bridgehead atoms. The average molecular weight is 529 g/mol. The molecule has 1 unspecified atom stereocenters. The predicted molar refractivity (Wildman–Crippen MR) is 138 cm³/mol. The van der Waals surface area contributed by atoms with Crippen LogP contribution in [0.25, 0.3) is 0 Å². The number of hydrogen-bond donors (Lipinski definition) is 3. The number of nitrogens with zero attached hydrogens (tertiary/aromatic N) is 1. The Morgan fingerprint density at radius 3 is 2.78 bits per heavy atom. The summed E-state index contributed by atoms with van der Waals surface area (Å²) in [5.41, 5.74) is -3.10. The number of aliphatic hydroxyl groups is 1. The molecule has 1 aliphatic carbocycles. The number of unbranched alkanes of at least 4 members (excludes halogenated alkanes) is 1. The molecule has 3 atom stereocenters. The lowest BCUT2D eigenvalue weighted by molar-refractivity contribution is -0.248. The van der Waals surface area contributed by atoms with Gasteiger partial charge in [-0.3, -0.25) is 0 Å². The van der Waals surface area contributed by atoms with E-state index in [1.165, 1.54) is 17.4 Å². The molecular weight excluding hydrogens is 487 g/mol. The van der Waals surface area contributed by atoms with Crippen molar-refractivity contribution < 1.29 is 28.9 Å². The average Bonchev–Trinajstić information content (AvgIpc) is 2.88. The molecule has 1 amide bonds. The lowest BCUT2D eigenvalue weighted by Crippen LogP contribution is -2.69. The quantitative estimate of drug-likeness (QED) is 0.329. The fraction of sp³-hybridized carbons (Fsp3) is 0.741. The highest BCUT2D eigenvalue weighted by molar-refractivity contribution is 6.30. The van der Waals surface area contributed by atoms with Crippen molar-refractivity contribution in [3.05, 3.63) is 34.6 Å². The van der Waals surface area contributed by atoms with Gasteiger partial charge in [0.25, 0.3) is 0 Å². The van der Waals surface area contributed by atoms with Crippen molar-refractivity contribution in [3.63, 3.8) is 0 Å². The molecule has 7 nitrogen and oxygen atoms in total. The van der Waals surface area contributed by atoms with Gasteiger partial charge in [0.1, 0.15) is 17.0 Å². The normalized spacial score (nSPS) is 23.9. The highest BCUT2D eigenvalue weighted by atomic mass is 35.5. The molecule has 9 heteroatoms. The Kier molecular flexibility index (Phi) is 10.8. The van der Waals surface area contributed by atoms with E-state index in [-0.39, 0.29) is 42.6 Å². The Morgan fingerprint density at radius 1 is 1.36 bits per heavy atom. The van der Waals surface area contributed by atoms with Crippen molar-refractivity contribution in [3.8, 4) is 0 Å². The third-order valence-corrected chi connectivity index (χ3v) is 8.40. The maximum Gasteiger partial charge on any atom is 0.407 e. The molecule has 204 valence electrons. The number of benzene rings is 1. The largest absolute Gasteiger partial charge is 0.465 e. The second-order valence-corrected chi connectivity index (χ2v) is 10.8. The van der Waals surface area contributed by atoms with Crippen LogP contribution in [-0.4, -0.2) is 73.8 Å². The fourth-order valence-electron chi connectivity index (χ4n) is 6.28. The summed E-state index contributed by atoms with van der Waals surface area (Å²) in [6.45, 7) is 1.29. The number of hydrogen-bond acceptors (Lipinski definition) is 5. The van der Waals surface area contributed by atoms with Gasteiger partial charge in [-0.1, -0.05) is 55.8 Å². The third-order valence-electron chi connectivity index (χ3n) is 8.10. The van der Waals surface area contributed by atoms with Crippen molar-refractivity contribution in [1.82, 2.24) is 10.2 Å². The van der Waals surface area contributed by atoms with Crippen LogP contribution in [0.5, 0.6) is 0 Å². The SMILES string of the molecule is CNC[C@H](CC1CCCCC1)C1([C@@](O)(CCCCOC)c2cccc(Cl)c2F)CN(C(=O)O)CCO1. The molecular formula is C27H42ClFN2O5. The fourth-order valence-corrected chi connectivity index (χ4v) is 6.45. The molecule has 36 heavy (non-hydrogen) atoms. The number of morpholine rings is 1. The maximum absolute atomic E-state index is 15.6. The molecule has 1 saturated carbocycles. The van der Waals surface area contributed by atoms with E-state index in [1.807, 2.05) is 7.05 Å². The van der Waals surface area contributed by atoms with Crippen LogP contribution < -0.4 is 5.32 Å². The van der Waals surface area contributed by atoms with Gasteiger partial charge < -0.3 is 29.9 Å². The van der Waals surface area contributed by atoms with Gasteiger partial charge in [-0.15, -0.1) is 0 Å². The van der Waals surface area contributed by atoms with Crippen LogP contribution in [0.3, 0.4) is 0 Å². The van der Waals surface area contributed by atoms with E-state index in [0.717, 1.165) is 32.1 Å². The molecule has 1 aromatic carbocycles. The second-order valence-electron chi connectivity index (χ2n) is 10.3. The number of carboxylic acid groups (broad SMARTS) is 1. The molecule has 2 aliphatic rings. The minimum atomic E-state index is -1.81. The number of halogens is 2. The van der Waals surface area contributed by atoms with Crippen LogP contribution in [0, 0.1) is 17.7 Å². The highest BCUT2D eigenvalue weighted by Gasteiger charge is 2.60. The van der Waals surface area contributed by atoms with E-state index in [4.69, 9.17) is 21.1 Å². The predicted octanol–water partition coefficient (Wildman–Crippen LogP) is 5.04. The molecule has 1 aromatic rings. The van der Waals surface area contributed by atoms with E-state index in [2.05, 4.69) is 5.32 Å². The molecule has 1 saturated heterocycles. The molecule has 1 heterocycles. The summed E-state index contributed by atoms with van der Waals surface area (Å²) >= 11 is 6.20. The first kappa shape index (κ1) is 29.1. The van der Waals surface area contributed by atoms with Gasteiger partial charge in [-0.05, 0) is 44.7 Å². The summed E-state index contributed by atoms with van der Waals surface area (Å²) in [6, 6.07) is 4.64. The Bertz CT molecular complexity index is 855. The van der Waals surface area contributed by atoms with Gasteiger partial charge in [0.05, 0.1) is 18.2 Å². The first-order chi connectivity index (χ1) is 17.3. The van der Waals surface area contributed by atoms with E-state index < -0.39 is 23.1 Å². The zero-order valence-electron chi connectivity index (χ0n) is 21.6. The van der Waals surface area contributed by atoms with Gasteiger partial charge in [0.2, 0.25) is 0 Å². The van der Waals surface area contributed by atoms with Gasteiger partial charge >= 0.3 is 6.09 Å². The van der Waals surface area contributed by atoms with Crippen LogP contribution in [-0.2, 0) is 15.1 Å². The van der Waals surface area contributed by atoms with Gasteiger partial charge in [0.15, 0.2) is 0 Å². The molecule has 3 rings (SSSR count). The summed E-state index contributed by atoms with van der Waals surface area (Å²) in [6.07, 6.45) is 6.82. The zero-order valence-corrected chi connectivity index (χ0v) is 22.4. The van der Waals surface area contributed by atoms with Crippen molar-refractivity contribution in [2.45, 2.75) is 69.0 Å². The van der Waals surface area contributed by atoms with E-state index in [9.17, 15) is 15.0 Å². The molecule has 0 radical (unpaired) electrons. The van der Waals surface area contributed by atoms with Crippen LogP contribution in [0.1, 0.15) is 63.4 Å². The summed E-state index contributed by atoms with van der Waals surface area (Å²) in [7, 11) is 3.46. The molecule has 0 spiro atoms. The van der Waals surface area contributed by atoms with Gasteiger partial charge in [0, 0.05) is 38.3 Å². The van der Waals surface area contributed by atoms with Crippen molar-refractivity contribution in [1.29, 1.82) is 0 Å². The zero-order chi connectivity index (χ0) is 26.2. The second kappa shape index (κ2) is 13.4. The van der Waals surface area contributed by atoms with E-state index in [1.54, 1.807) is 19.2 Å². The molecule has 2 fully saturated rings. The third kappa shape index (κ3) is 6.33. The van der Waals surface area contributed by atoms with Gasteiger partial charge in [-0.2, -0.15) is 0 Å². The maximum atomic E-state index is 15.6. The van der Waals surface area contributed by atoms with Crippen LogP contribution >= 0.6 is 11.6 Å². The minimum absolute atomic E-state index is 0.0475. The molecule has 0 aromatic heterocycles. The Labute approximate surface area is 219 Å². The number of rotatable bonds is 12. The number of methoxy groups -OCH3 is 1. The first-order valence-corrected chi connectivity index (χ1v) is 13.6.